The zero-order valence-corrected chi connectivity index (χ0v) is 28.9. The minimum absolute atomic E-state index is 0.521. The van der Waals surface area contributed by atoms with Gasteiger partial charge in [-0.15, -0.1) is 0 Å². The molecule has 1 fully saturated rings. The van der Waals surface area contributed by atoms with Crippen LogP contribution in [0.2, 0.25) is 0 Å². The molecule has 0 amide bonds. The predicted octanol–water partition coefficient (Wildman–Crippen LogP) is 11.2. The van der Waals surface area contributed by atoms with Crippen LogP contribution in [-0.4, -0.2) is 31.0 Å². The second-order valence-electron chi connectivity index (χ2n) is 14.0. The van der Waals surface area contributed by atoms with E-state index in [4.69, 9.17) is 15.0 Å². The van der Waals surface area contributed by atoms with Gasteiger partial charge in [0.1, 0.15) is 5.82 Å². The second kappa shape index (κ2) is 11.9. The Morgan fingerprint density at radius 3 is 1.77 bits per heavy atom. The molecule has 1 saturated heterocycles. The highest BCUT2D eigenvalue weighted by molar-refractivity contribution is 6.10. The van der Waals surface area contributed by atoms with Gasteiger partial charge in [0.25, 0.3) is 0 Å². The van der Waals surface area contributed by atoms with Crippen molar-refractivity contribution in [2.24, 2.45) is 0 Å². The molecular weight excluding hydrogens is 647 g/mol. The molecule has 2 aliphatic heterocycles. The Bertz CT molecular complexity index is 2770. The molecular formula is C48H33N5. The first-order chi connectivity index (χ1) is 26.3. The number of aromatic nitrogens is 4. The standard InChI is InChI=1S/C48H33N5/c1-4-13-32(14-5-1)41-28-42(50-47(49-41)34-15-6-2-7-16-34)33-25-23-31(24-26-33)36-19-12-20-37(27-36)53-46-39-22-11-10-21-38(39)44-40(29-52-30-43(44)52)45(46)51-48(53)35-17-8-3-9-18-35/h1-28,43H,29-30H2. The quantitative estimate of drug-likeness (QED) is 0.164. The highest BCUT2D eigenvalue weighted by atomic mass is 15.3. The summed E-state index contributed by atoms with van der Waals surface area (Å²) in [5, 5.41) is 2.61. The number of imidazole rings is 1. The summed E-state index contributed by atoms with van der Waals surface area (Å²) in [4.78, 5) is 18.0. The van der Waals surface area contributed by atoms with Crippen LogP contribution in [0.25, 0.3) is 83.9 Å². The summed E-state index contributed by atoms with van der Waals surface area (Å²) < 4.78 is 2.39. The molecule has 7 aromatic carbocycles. The first kappa shape index (κ1) is 30.0. The van der Waals surface area contributed by atoms with E-state index in [1.165, 1.54) is 27.4 Å². The number of hydrogen-bond acceptors (Lipinski definition) is 4. The molecule has 5 nitrogen and oxygen atoms in total. The summed E-state index contributed by atoms with van der Waals surface area (Å²) >= 11 is 0. The van der Waals surface area contributed by atoms with Crippen molar-refractivity contribution in [1.82, 2.24) is 24.4 Å². The predicted molar refractivity (Wildman–Crippen MR) is 214 cm³/mol. The smallest absolute Gasteiger partial charge is 0.160 e. The van der Waals surface area contributed by atoms with Crippen molar-refractivity contribution in [3.63, 3.8) is 0 Å². The number of rotatable bonds is 6. The Hall–Kier alpha value is -6.69. The van der Waals surface area contributed by atoms with E-state index in [1.807, 2.05) is 36.4 Å². The first-order valence-electron chi connectivity index (χ1n) is 18.2. The Morgan fingerprint density at radius 1 is 0.472 bits per heavy atom. The van der Waals surface area contributed by atoms with Gasteiger partial charge in [-0.25, -0.2) is 15.0 Å². The average Bonchev–Trinajstić information content (AvgIpc) is 3.71. The van der Waals surface area contributed by atoms with E-state index >= 15 is 0 Å². The van der Waals surface area contributed by atoms with Gasteiger partial charge < -0.3 is 0 Å². The van der Waals surface area contributed by atoms with E-state index in [-0.39, 0.29) is 0 Å². The van der Waals surface area contributed by atoms with Crippen molar-refractivity contribution >= 4 is 21.8 Å². The summed E-state index contributed by atoms with van der Waals surface area (Å²) in [6, 6.07) is 60.3. The molecule has 0 aliphatic carbocycles. The van der Waals surface area contributed by atoms with E-state index in [1.54, 1.807) is 0 Å². The van der Waals surface area contributed by atoms with Crippen molar-refractivity contribution in [1.29, 1.82) is 0 Å². The van der Waals surface area contributed by atoms with Gasteiger partial charge in [0.05, 0.1) is 22.4 Å². The monoisotopic (exact) mass is 679 g/mol. The lowest BCUT2D eigenvalue weighted by Gasteiger charge is -2.15. The van der Waals surface area contributed by atoms with Crippen LogP contribution >= 0.6 is 0 Å². The summed E-state index contributed by atoms with van der Waals surface area (Å²) in [6.07, 6.45) is 0. The minimum Gasteiger partial charge on any atom is -0.292 e. The van der Waals surface area contributed by atoms with Gasteiger partial charge in [0, 0.05) is 52.5 Å². The Labute approximate surface area is 307 Å². The highest BCUT2D eigenvalue weighted by Gasteiger charge is 2.45. The normalized spacial score (nSPS) is 15.8. The highest BCUT2D eigenvalue weighted by Crippen LogP contribution is 2.51. The van der Waals surface area contributed by atoms with Gasteiger partial charge in [0.15, 0.2) is 5.82 Å². The maximum atomic E-state index is 5.47. The number of nitrogens with zero attached hydrogens (tertiary/aromatic N) is 5. The van der Waals surface area contributed by atoms with Crippen LogP contribution in [-0.2, 0) is 6.54 Å². The molecule has 2 aliphatic rings. The minimum atomic E-state index is 0.521. The maximum Gasteiger partial charge on any atom is 0.160 e. The summed E-state index contributed by atoms with van der Waals surface area (Å²) in [5.41, 5.74) is 14.5. The molecule has 5 heteroatoms. The van der Waals surface area contributed by atoms with Crippen LogP contribution in [0.1, 0.15) is 17.2 Å². The van der Waals surface area contributed by atoms with Crippen molar-refractivity contribution < 1.29 is 0 Å². The van der Waals surface area contributed by atoms with Crippen LogP contribution in [0.3, 0.4) is 0 Å². The fraction of sp³-hybridized carbons (Fsp3) is 0.0625. The molecule has 250 valence electrons. The Balaban J connectivity index is 1.04. The lowest BCUT2D eigenvalue weighted by atomic mass is 9.96. The molecule has 2 atom stereocenters. The van der Waals surface area contributed by atoms with Gasteiger partial charge in [0.2, 0.25) is 0 Å². The van der Waals surface area contributed by atoms with E-state index in [2.05, 4.69) is 143 Å². The van der Waals surface area contributed by atoms with Crippen LogP contribution in [0, 0.1) is 0 Å². The molecule has 4 heterocycles. The largest absolute Gasteiger partial charge is 0.292 e. The molecule has 2 aromatic heterocycles. The number of hydrogen-bond donors (Lipinski definition) is 0. The van der Waals surface area contributed by atoms with Gasteiger partial charge in [-0.05, 0) is 45.8 Å². The maximum absolute atomic E-state index is 5.47. The fourth-order valence-corrected chi connectivity index (χ4v) is 8.22. The molecule has 0 spiro atoms. The molecule has 0 bridgehead atoms. The lowest BCUT2D eigenvalue weighted by molar-refractivity contribution is 0.549. The number of fused-ring (bicyclic) bond motifs is 8. The van der Waals surface area contributed by atoms with Gasteiger partial charge in [-0.1, -0.05) is 152 Å². The molecule has 0 saturated carbocycles. The average molecular weight is 680 g/mol. The van der Waals surface area contributed by atoms with Crippen LogP contribution < -0.4 is 0 Å². The fourth-order valence-electron chi connectivity index (χ4n) is 8.22. The molecule has 0 radical (unpaired) electrons. The molecule has 9 aromatic rings. The van der Waals surface area contributed by atoms with E-state index in [9.17, 15) is 0 Å². The first-order valence-corrected chi connectivity index (χ1v) is 18.2. The van der Waals surface area contributed by atoms with Gasteiger partial charge in [-0.3, -0.25) is 9.47 Å². The third kappa shape index (κ3) is 5.01. The molecule has 0 N–H and O–H groups in total. The van der Waals surface area contributed by atoms with Crippen molar-refractivity contribution in [2.45, 2.75) is 12.6 Å². The van der Waals surface area contributed by atoms with Gasteiger partial charge >= 0.3 is 0 Å². The summed E-state index contributed by atoms with van der Waals surface area (Å²) in [6.45, 7) is 2.11. The third-order valence-corrected chi connectivity index (χ3v) is 10.8. The lowest BCUT2D eigenvalue weighted by Crippen LogP contribution is -2.00. The molecule has 2 unspecified atom stereocenters. The summed E-state index contributed by atoms with van der Waals surface area (Å²) in [7, 11) is 0. The van der Waals surface area contributed by atoms with Crippen LogP contribution in [0.5, 0.6) is 0 Å². The third-order valence-electron chi connectivity index (χ3n) is 10.8. The Morgan fingerprint density at radius 2 is 1.06 bits per heavy atom. The van der Waals surface area contributed by atoms with Crippen molar-refractivity contribution in [3.8, 4) is 62.1 Å². The zero-order valence-electron chi connectivity index (χ0n) is 28.9. The van der Waals surface area contributed by atoms with Crippen LogP contribution in [0.4, 0.5) is 0 Å². The van der Waals surface area contributed by atoms with E-state index in [0.29, 0.717) is 11.9 Å². The van der Waals surface area contributed by atoms with Crippen molar-refractivity contribution in [2.75, 3.05) is 6.54 Å². The SMILES string of the molecule is c1ccc(-c2cc(-c3ccc(-c4cccc(-n5c(-c6ccccc6)nc6c7c(c8ccccc8c65)C5CN5C7)c4)cc3)nc(-c3ccccc3)n2)cc1. The molecule has 11 rings (SSSR count). The van der Waals surface area contributed by atoms with E-state index in [0.717, 1.165) is 74.9 Å². The molecule has 53 heavy (non-hydrogen) atoms. The summed E-state index contributed by atoms with van der Waals surface area (Å²) in [5.74, 6) is 1.68. The Kier molecular flexibility index (Phi) is 6.76. The van der Waals surface area contributed by atoms with Gasteiger partial charge in [-0.2, -0.15) is 0 Å². The van der Waals surface area contributed by atoms with Crippen molar-refractivity contribution in [3.05, 3.63) is 181 Å². The second-order valence-corrected chi connectivity index (χ2v) is 14.0. The number of benzene rings is 7. The van der Waals surface area contributed by atoms with E-state index < -0.39 is 0 Å². The zero-order chi connectivity index (χ0) is 34.9. The topological polar surface area (TPSA) is 46.6 Å². The van der Waals surface area contributed by atoms with Crippen LogP contribution in [0.15, 0.2) is 170 Å².